The third-order valence-corrected chi connectivity index (χ3v) is 3.05. The van der Waals surface area contributed by atoms with Crippen LogP contribution in [0.2, 0.25) is 10.0 Å². The molecule has 0 fully saturated rings. The van der Waals surface area contributed by atoms with Gasteiger partial charge in [-0.25, -0.2) is 0 Å². The predicted octanol–water partition coefficient (Wildman–Crippen LogP) is 5.26. The largest absolute Gasteiger partial charge is 0.435 e. The molecule has 2 rings (SSSR count). The predicted molar refractivity (Wildman–Crippen MR) is 68.5 cm³/mol. The van der Waals surface area contributed by atoms with Gasteiger partial charge in [0.1, 0.15) is 5.75 Å². The highest BCUT2D eigenvalue weighted by atomic mass is 35.5. The summed E-state index contributed by atoms with van der Waals surface area (Å²) in [5.41, 5.74) is 1.51. The number of hydrogen-bond acceptors (Lipinski definition) is 1. The molecule has 0 spiro atoms. The van der Waals surface area contributed by atoms with Crippen molar-refractivity contribution in [3.05, 3.63) is 52.5 Å². The van der Waals surface area contributed by atoms with Crippen molar-refractivity contribution in [3.63, 3.8) is 0 Å². The van der Waals surface area contributed by atoms with Crippen LogP contribution in [0.4, 0.5) is 8.78 Å². The summed E-state index contributed by atoms with van der Waals surface area (Å²) in [6.45, 7) is -2.84. The van der Waals surface area contributed by atoms with Crippen LogP contribution in [0.3, 0.4) is 0 Å². The molecule has 0 unspecified atom stereocenters. The number of rotatable bonds is 3. The molecule has 2 aromatic carbocycles. The Kier molecular flexibility index (Phi) is 4.04. The highest BCUT2D eigenvalue weighted by Gasteiger charge is 2.06. The van der Waals surface area contributed by atoms with Gasteiger partial charge in [-0.2, -0.15) is 8.78 Å². The molecule has 0 amide bonds. The van der Waals surface area contributed by atoms with Crippen molar-refractivity contribution in [1.29, 1.82) is 0 Å². The van der Waals surface area contributed by atoms with Gasteiger partial charge >= 0.3 is 6.61 Å². The quantitative estimate of drug-likeness (QED) is 0.748. The maximum Gasteiger partial charge on any atom is 0.387 e. The first-order chi connectivity index (χ1) is 8.56. The first kappa shape index (κ1) is 13.1. The molecule has 18 heavy (non-hydrogen) atoms. The first-order valence-electron chi connectivity index (χ1n) is 5.06. The van der Waals surface area contributed by atoms with Crippen molar-refractivity contribution in [1.82, 2.24) is 0 Å². The molecule has 0 saturated carbocycles. The van der Waals surface area contributed by atoms with E-state index in [0.29, 0.717) is 10.0 Å². The molecular formula is C13H8Cl2F2O. The van der Waals surface area contributed by atoms with Gasteiger partial charge in [-0.15, -0.1) is 0 Å². The molecule has 0 bridgehead atoms. The van der Waals surface area contributed by atoms with E-state index in [9.17, 15) is 8.78 Å². The van der Waals surface area contributed by atoms with Crippen molar-refractivity contribution >= 4 is 23.2 Å². The maximum atomic E-state index is 12.1. The van der Waals surface area contributed by atoms with Crippen molar-refractivity contribution < 1.29 is 13.5 Å². The average Bonchev–Trinajstić information content (AvgIpc) is 2.32. The molecule has 94 valence electrons. The Morgan fingerprint density at radius 2 is 1.61 bits per heavy atom. The van der Waals surface area contributed by atoms with E-state index in [2.05, 4.69) is 4.74 Å². The van der Waals surface area contributed by atoms with Crippen LogP contribution in [0, 0.1) is 0 Å². The van der Waals surface area contributed by atoms with Gasteiger partial charge < -0.3 is 4.74 Å². The molecule has 0 aliphatic carbocycles. The molecule has 2 aromatic rings. The lowest BCUT2D eigenvalue weighted by atomic mass is 10.1. The van der Waals surface area contributed by atoms with Gasteiger partial charge in [0.25, 0.3) is 0 Å². The van der Waals surface area contributed by atoms with Crippen LogP contribution in [0.25, 0.3) is 11.1 Å². The fraction of sp³-hybridized carbons (Fsp3) is 0.0769. The lowest BCUT2D eigenvalue weighted by molar-refractivity contribution is -0.0498. The van der Waals surface area contributed by atoms with E-state index >= 15 is 0 Å². The lowest BCUT2D eigenvalue weighted by Crippen LogP contribution is -2.01. The minimum absolute atomic E-state index is 0.105. The van der Waals surface area contributed by atoms with Gasteiger partial charge in [-0.3, -0.25) is 0 Å². The van der Waals surface area contributed by atoms with Gasteiger partial charge in [-0.1, -0.05) is 41.4 Å². The number of ether oxygens (including phenoxy) is 1. The van der Waals surface area contributed by atoms with E-state index in [1.54, 1.807) is 30.3 Å². The zero-order chi connectivity index (χ0) is 13.1. The molecule has 0 heterocycles. The van der Waals surface area contributed by atoms with E-state index in [1.807, 2.05) is 0 Å². The number of halogens is 4. The molecule has 0 radical (unpaired) electrons. The smallest absolute Gasteiger partial charge is 0.387 e. The summed E-state index contributed by atoms with van der Waals surface area (Å²) in [5.74, 6) is 0.105. The van der Waals surface area contributed by atoms with E-state index < -0.39 is 6.61 Å². The highest BCUT2D eigenvalue weighted by Crippen LogP contribution is 2.30. The normalized spacial score (nSPS) is 10.7. The Hall–Kier alpha value is -1.32. The van der Waals surface area contributed by atoms with Gasteiger partial charge in [0.15, 0.2) is 0 Å². The van der Waals surface area contributed by atoms with Gasteiger partial charge in [-0.05, 0) is 35.4 Å². The van der Waals surface area contributed by atoms with Crippen LogP contribution in [0.15, 0.2) is 42.5 Å². The van der Waals surface area contributed by atoms with Gasteiger partial charge in [0.05, 0.1) is 10.0 Å². The summed E-state index contributed by atoms with van der Waals surface area (Å²) in [5, 5.41) is 0.856. The summed E-state index contributed by atoms with van der Waals surface area (Å²) in [6.07, 6.45) is 0. The van der Waals surface area contributed by atoms with Crippen LogP contribution >= 0.6 is 23.2 Å². The van der Waals surface area contributed by atoms with Crippen LogP contribution in [-0.4, -0.2) is 6.61 Å². The van der Waals surface area contributed by atoms with E-state index in [4.69, 9.17) is 23.2 Å². The van der Waals surface area contributed by atoms with Crippen molar-refractivity contribution in [2.45, 2.75) is 6.61 Å². The zero-order valence-electron chi connectivity index (χ0n) is 9.04. The SMILES string of the molecule is FC(F)Oc1cccc(-c2ccc(Cl)c(Cl)c2)c1. The summed E-state index contributed by atoms with van der Waals surface area (Å²) in [4.78, 5) is 0. The monoisotopic (exact) mass is 288 g/mol. The molecule has 0 aliphatic heterocycles. The summed E-state index contributed by atoms with van der Waals surface area (Å²) in [7, 11) is 0. The van der Waals surface area contributed by atoms with E-state index in [-0.39, 0.29) is 5.75 Å². The Labute approximate surface area is 113 Å². The van der Waals surface area contributed by atoms with Crippen LogP contribution in [-0.2, 0) is 0 Å². The third-order valence-electron chi connectivity index (χ3n) is 2.31. The number of alkyl halides is 2. The molecule has 0 atom stereocenters. The lowest BCUT2D eigenvalue weighted by Gasteiger charge is -2.07. The maximum absolute atomic E-state index is 12.1. The fourth-order valence-corrected chi connectivity index (χ4v) is 1.83. The highest BCUT2D eigenvalue weighted by molar-refractivity contribution is 6.42. The second-order valence-electron chi connectivity index (χ2n) is 3.54. The van der Waals surface area contributed by atoms with Gasteiger partial charge in [0.2, 0.25) is 0 Å². The molecular weight excluding hydrogens is 281 g/mol. The van der Waals surface area contributed by atoms with Crippen LogP contribution in [0.1, 0.15) is 0 Å². The second kappa shape index (κ2) is 5.55. The molecule has 0 saturated heterocycles. The van der Waals surface area contributed by atoms with Crippen LogP contribution < -0.4 is 4.74 Å². The summed E-state index contributed by atoms with van der Waals surface area (Å²) in [6, 6.07) is 11.5. The summed E-state index contributed by atoms with van der Waals surface area (Å²) < 4.78 is 28.6. The molecule has 0 aromatic heterocycles. The fourth-order valence-electron chi connectivity index (χ4n) is 1.53. The Morgan fingerprint density at radius 3 is 2.28 bits per heavy atom. The number of hydrogen-bond donors (Lipinski definition) is 0. The molecule has 5 heteroatoms. The van der Waals surface area contributed by atoms with Crippen LogP contribution in [0.5, 0.6) is 5.75 Å². The second-order valence-corrected chi connectivity index (χ2v) is 4.35. The summed E-state index contributed by atoms with van der Waals surface area (Å²) >= 11 is 11.7. The molecule has 1 nitrogen and oxygen atoms in total. The number of benzene rings is 2. The Bertz CT molecular complexity index is 558. The third kappa shape index (κ3) is 3.12. The van der Waals surface area contributed by atoms with E-state index in [1.165, 1.54) is 12.1 Å². The molecule has 0 N–H and O–H groups in total. The van der Waals surface area contributed by atoms with Crippen molar-refractivity contribution in [2.75, 3.05) is 0 Å². The minimum Gasteiger partial charge on any atom is -0.435 e. The molecule has 0 aliphatic rings. The van der Waals surface area contributed by atoms with Gasteiger partial charge in [0, 0.05) is 0 Å². The zero-order valence-corrected chi connectivity index (χ0v) is 10.6. The Morgan fingerprint density at radius 1 is 0.889 bits per heavy atom. The standard InChI is InChI=1S/C13H8Cl2F2O/c14-11-5-4-9(7-12(11)15)8-2-1-3-10(6-8)18-13(16)17/h1-7,13H. The van der Waals surface area contributed by atoms with E-state index in [0.717, 1.165) is 11.1 Å². The Balaban J connectivity index is 2.35. The minimum atomic E-state index is -2.84. The topological polar surface area (TPSA) is 9.23 Å². The average molecular weight is 289 g/mol. The first-order valence-corrected chi connectivity index (χ1v) is 5.82. The van der Waals surface area contributed by atoms with Crippen molar-refractivity contribution in [3.8, 4) is 16.9 Å². The van der Waals surface area contributed by atoms with Crippen molar-refractivity contribution in [2.24, 2.45) is 0 Å².